The van der Waals surface area contributed by atoms with E-state index in [-0.39, 0.29) is 12.0 Å². The first-order valence-electron chi connectivity index (χ1n) is 13.4. The molecule has 1 saturated heterocycles. The minimum absolute atomic E-state index is 0.0223. The van der Waals surface area contributed by atoms with Gasteiger partial charge in [-0.05, 0) is 56.9 Å². The predicted molar refractivity (Wildman–Crippen MR) is 142 cm³/mol. The van der Waals surface area contributed by atoms with Crippen molar-refractivity contribution >= 4 is 6.09 Å². The lowest BCUT2D eigenvalue weighted by atomic mass is 9.72. The van der Waals surface area contributed by atoms with Gasteiger partial charge in [-0.1, -0.05) is 61.7 Å². The fourth-order valence-corrected chi connectivity index (χ4v) is 5.33. The summed E-state index contributed by atoms with van der Waals surface area (Å²) in [6, 6.07) is 18.5. The Kier molecular flexibility index (Phi) is 8.58. The van der Waals surface area contributed by atoms with Crippen molar-refractivity contribution in [2.75, 3.05) is 32.7 Å². The molecule has 2 aliphatic rings. The largest absolute Gasteiger partial charge is 0.489 e. The van der Waals surface area contributed by atoms with Crippen LogP contribution in [0.3, 0.4) is 0 Å². The Morgan fingerprint density at radius 3 is 2.19 bits per heavy atom. The molecular formula is C30H42N2O4. The van der Waals surface area contributed by atoms with Gasteiger partial charge in [0, 0.05) is 38.6 Å². The number of rotatable bonds is 7. The summed E-state index contributed by atoms with van der Waals surface area (Å²) in [5.41, 5.74) is 1.11. The monoisotopic (exact) mass is 494 g/mol. The Morgan fingerprint density at radius 1 is 0.944 bits per heavy atom. The van der Waals surface area contributed by atoms with Crippen molar-refractivity contribution in [1.82, 2.24) is 9.80 Å². The molecule has 1 N–H and O–H groups in total. The number of ether oxygens (including phenoxy) is 2. The summed E-state index contributed by atoms with van der Waals surface area (Å²) in [5, 5.41) is 11.8. The lowest BCUT2D eigenvalue weighted by molar-refractivity contribution is -0.0357. The predicted octanol–water partition coefficient (Wildman–Crippen LogP) is 5.60. The van der Waals surface area contributed by atoms with Crippen molar-refractivity contribution in [3.05, 3.63) is 65.7 Å². The summed E-state index contributed by atoms with van der Waals surface area (Å²) in [6.07, 6.45) is 4.75. The minimum atomic E-state index is -0.701. The smallest absolute Gasteiger partial charge is 0.410 e. The molecule has 1 heterocycles. The second-order valence-electron chi connectivity index (χ2n) is 11.3. The first-order chi connectivity index (χ1) is 17.2. The fourth-order valence-electron chi connectivity index (χ4n) is 5.33. The number of hydrogen-bond acceptors (Lipinski definition) is 5. The zero-order valence-electron chi connectivity index (χ0n) is 22.1. The van der Waals surface area contributed by atoms with Gasteiger partial charge in [0.25, 0.3) is 0 Å². The van der Waals surface area contributed by atoms with Crippen LogP contribution in [-0.4, -0.2) is 64.9 Å². The Morgan fingerprint density at radius 2 is 1.58 bits per heavy atom. The Labute approximate surface area is 216 Å². The van der Waals surface area contributed by atoms with Crippen molar-refractivity contribution in [3.8, 4) is 5.75 Å². The molecule has 0 spiro atoms. The van der Waals surface area contributed by atoms with E-state index in [4.69, 9.17) is 9.47 Å². The van der Waals surface area contributed by atoms with Gasteiger partial charge in [0.1, 0.15) is 18.0 Å². The molecule has 2 aromatic carbocycles. The average Bonchev–Trinajstić information content (AvgIpc) is 2.87. The number of piperazine rings is 1. The molecule has 1 atom stereocenters. The summed E-state index contributed by atoms with van der Waals surface area (Å²) in [5.74, 6) is 0.858. The van der Waals surface area contributed by atoms with Crippen LogP contribution in [0.5, 0.6) is 5.75 Å². The lowest BCUT2D eigenvalue weighted by Crippen LogP contribution is -2.52. The molecule has 196 valence electrons. The SMILES string of the molecule is CC(C)(C)OC(=O)N1CCN(C[C@@H](c2ccc(OCc3ccccc3)cc2)C2(O)CCCCC2)CC1. The maximum absolute atomic E-state index is 12.5. The first kappa shape index (κ1) is 26.5. The second-order valence-corrected chi connectivity index (χ2v) is 11.3. The van der Waals surface area contributed by atoms with E-state index >= 15 is 0 Å². The quantitative estimate of drug-likeness (QED) is 0.543. The summed E-state index contributed by atoms with van der Waals surface area (Å²) in [6.45, 7) is 9.86. The third-order valence-corrected chi connectivity index (χ3v) is 7.36. The number of carbonyl (C=O) groups excluding carboxylic acids is 1. The van der Waals surface area contributed by atoms with E-state index in [9.17, 15) is 9.90 Å². The fraction of sp³-hybridized carbons (Fsp3) is 0.567. The molecule has 0 radical (unpaired) electrons. The highest BCUT2D eigenvalue weighted by molar-refractivity contribution is 5.68. The van der Waals surface area contributed by atoms with Crippen LogP contribution in [0.2, 0.25) is 0 Å². The van der Waals surface area contributed by atoms with Crippen molar-refractivity contribution in [1.29, 1.82) is 0 Å². The van der Waals surface area contributed by atoms with Gasteiger partial charge in [-0.15, -0.1) is 0 Å². The van der Waals surface area contributed by atoms with Gasteiger partial charge in [0.2, 0.25) is 0 Å². The first-order valence-corrected chi connectivity index (χ1v) is 13.4. The van der Waals surface area contributed by atoms with E-state index in [1.807, 2.05) is 51.1 Å². The van der Waals surface area contributed by atoms with Crippen LogP contribution in [-0.2, 0) is 11.3 Å². The molecule has 0 bridgehead atoms. The van der Waals surface area contributed by atoms with E-state index in [1.54, 1.807) is 4.90 Å². The van der Waals surface area contributed by atoms with E-state index in [2.05, 4.69) is 29.2 Å². The molecule has 36 heavy (non-hydrogen) atoms. The van der Waals surface area contributed by atoms with Gasteiger partial charge in [-0.25, -0.2) is 4.79 Å². The molecule has 0 unspecified atom stereocenters. The van der Waals surface area contributed by atoms with Crippen LogP contribution in [0.25, 0.3) is 0 Å². The zero-order valence-corrected chi connectivity index (χ0v) is 22.1. The zero-order chi connectivity index (χ0) is 25.6. The summed E-state index contributed by atoms with van der Waals surface area (Å²) >= 11 is 0. The molecule has 2 fully saturated rings. The van der Waals surface area contributed by atoms with E-state index in [0.717, 1.165) is 62.2 Å². The van der Waals surface area contributed by atoms with Crippen molar-refractivity contribution in [2.24, 2.45) is 0 Å². The van der Waals surface area contributed by atoms with E-state index in [0.29, 0.717) is 19.7 Å². The number of benzene rings is 2. The molecule has 1 aliphatic heterocycles. The maximum Gasteiger partial charge on any atom is 0.410 e. The highest BCUT2D eigenvalue weighted by atomic mass is 16.6. The van der Waals surface area contributed by atoms with Crippen molar-refractivity contribution in [3.63, 3.8) is 0 Å². The van der Waals surface area contributed by atoms with E-state index in [1.165, 1.54) is 6.42 Å². The van der Waals surface area contributed by atoms with Crippen LogP contribution in [0.4, 0.5) is 4.79 Å². The minimum Gasteiger partial charge on any atom is -0.489 e. The molecule has 4 rings (SSSR count). The number of nitrogens with zero attached hydrogens (tertiary/aromatic N) is 2. The maximum atomic E-state index is 12.5. The van der Waals surface area contributed by atoms with E-state index < -0.39 is 11.2 Å². The van der Waals surface area contributed by atoms with Gasteiger partial charge in [0.15, 0.2) is 0 Å². The molecule has 6 heteroatoms. The van der Waals surface area contributed by atoms with Crippen LogP contribution >= 0.6 is 0 Å². The van der Waals surface area contributed by atoms with Gasteiger partial charge < -0.3 is 19.5 Å². The summed E-state index contributed by atoms with van der Waals surface area (Å²) in [4.78, 5) is 16.7. The molecule has 2 aromatic rings. The number of hydrogen-bond donors (Lipinski definition) is 1. The summed E-state index contributed by atoms with van der Waals surface area (Å²) in [7, 11) is 0. The highest BCUT2D eigenvalue weighted by Crippen LogP contribution is 2.41. The van der Waals surface area contributed by atoms with Crippen LogP contribution in [0.15, 0.2) is 54.6 Å². The highest BCUT2D eigenvalue weighted by Gasteiger charge is 2.40. The third-order valence-electron chi connectivity index (χ3n) is 7.36. The Hall–Kier alpha value is -2.57. The molecule has 1 amide bonds. The van der Waals surface area contributed by atoms with Gasteiger partial charge in [0.05, 0.1) is 5.60 Å². The van der Waals surface area contributed by atoms with Crippen molar-refractivity contribution in [2.45, 2.75) is 76.6 Å². The average molecular weight is 495 g/mol. The topological polar surface area (TPSA) is 62.2 Å². The van der Waals surface area contributed by atoms with Gasteiger partial charge >= 0.3 is 6.09 Å². The van der Waals surface area contributed by atoms with Crippen LogP contribution < -0.4 is 4.74 Å². The number of carbonyl (C=O) groups is 1. The second kappa shape index (κ2) is 11.7. The van der Waals surface area contributed by atoms with Crippen molar-refractivity contribution < 1.29 is 19.4 Å². The molecule has 1 aliphatic carbocycles. The normalized spacial score (nSPS) is 19.5. The molecule has 6 nitrogen and oxygen atoms in total. The molecule has 0 aromatic heterocycles. The molecule has 1 saturated carbocycles. The third kappa shape index (κ3) is 7.23. The van der Waals surface area contributed by atoms with Crippen LogP contribution in [0, 0.1) is 0 Å². The molecular weight excluding hydrogens is 452 g/mol. The Balaban J connectivity index is 1.41. The number of aliphatic hydroxyl groups is 1. The summed E-state index contributed by atoms with van der Waals surface area (Å²) < 4.78 is 11.5. The Bertz CT molecular complexity index is 957. The standard InChI is InChI=1S/C30H42N2O4/c1-29(2,3)36-28(33)32-20-18-31(19-21-32)22-27(30(34)16-8-5-9-17-30)25-12-14-26(15-13-25)35-23-24-10-6-4-7-11-24/h4,6-7,10-15,27,34H,5,8-9,16-23H2,1-3H3/t27-/m0/s1. The van der Waals surface area contributed by atoms with Gasteiger partial charge in [-0.2, -0.15) is 0 Å². The van der Waals surface area contributed by atoms with Crippen LogP contribution in [0.1, 0.15) is 69.9 Å². The van der Waals surface area contributed by atoms with Gasteiger partial charge in [-0.3, -0.25) is 4.90 Å². The number of amides is 1. The lowest BCUT2D eigenvalue weighted by Gasteiger charge is -2.43.